The highest BCUT2D eigenvalue weighted by atomic mass is 16.5. The average Bonchev–Trinajstić information content (AvgIpc) is 2.24. The molecule has 3 heteroatoms. The molecule has 0 N–H and O–H groups in total. The summed E-state index contributed by atoms with van der Waals surface area (Å²) in [5.74, 6) is -0.234. The Morgan fingerprint density at radius 3 is 2.44 bits per heavy atom. The second kappa shape index (κ2) is 9.13. The van der Waals surface area contributed by atoms with Gasteiger partial charge in [-0.15, -0.1) is 0 Å². The van der Waals surface area contributed by atoms with Gasteiger partial charge in [0.2, 0.25) is 0 Å². The molecule has 1 atom stereocenters. The van der Waals surface area contributed by atoms with Crippen molar-refractivity contribution in [3.05, 3.63) is 12.2 Å². The van der Waals surface area contributed by atoms with E-state index >= 15 is 0 Å². The first-order valence-corrected chi connectivity index (χ1v) is 5.98. The molecule has 0 spiro atoms. The third-order valence-electron chi connectivity index (χ3n) is 2.25. The Labute approximate surface area is 97.9 Å². The molecule has 0 aliphatic heterocycles. The van der Waals surface area contributed by atoms with E-state index in [1.165, 1.54) is 13.0 Å². The van der Waals surface area contributed by atoms with Gasteiger partial charge in [0.15, 0.2) is 5.78 Å². The van der Waals surface area contributed by atoms with Crippen LogP contribution in [0.1, 0.15) is 52.9 Å². The molecular formula is C13H22O3. The van der Waals surface area contributed by atoms with Crippen LogP contribution in [0.15, 0.2) is 12.2 Å². The molecule has 0 aliphatic rings. The van der Waals surface area contributed by atoms with Gasteiger partial charge in [-0.25, -0.2) is 0 Å². The van der Waals surface area contributed by atoms with Gasteiger partial charge >= 0.3 is 5.97 Å². The number of unbranched alkanes of at least 4 members (excludes halogenated alkanes) is 2. The van der Waals surface area contributed by atoms with E-state index in [9.17, 15) is 9.59 Å². The molecule has 0 aromatic rings. The normalized spacial score (nSPS) is 12.7. The summed E-state index contributed by atoms with van der Waals surface area (Å²) in [6, 6.07) is 0. The van der Waals surface area contributed by atoms with E-state index in [0.717, 1.165) is 25.7 Å². The Balaban J connectivity index is 4.13. The van der Waals surface area contributed by atoms with Crippen LogP contribution in [0.25, 0.3) is 0 Å². The van der Waals surface area contributed by atoms with Gasteiger partial charge in [-0.05, 0) is 25.0 Å². The fourth-order valence-electron chi connectivity index (χ4n) is 1.34. The van der Waals surface area contributed by atoms with Crippen molar-refractivity contribution in [2.24, 2.45) is 0 Å². The van der Waals surface area contributed by atoms with Crippen molar-refractivity contribution in [2.45, 2.75) is 59.0 Å². The molecule has 0 aliphatic carbocycles. The average molecular weight is 226 g/mol. The molecule has 0 saturated heterocycles. The zero-order valence-corrected chi connectivity index (χ0v) is 10.5. The van der Waals surface area contributed by atoms with E-state index in [4.69, 9.17) is 4.74 Å². The summed E-state index contributed by atoms with van der Waals surface area (Å²) >= 11 is 0. The van der Waals surface area contributed by atoms with Crippen LogP contribution < -0.4 is 0 Å². The second-order valence-electron chi connectivity index (χ2n) is 3.82. The van der Waals surface area contributed by atoms with Crippen LogP contribution in [0, 0.1) is 0 Å². The van der Waals surface area contributed by atoms with Gasteiger partial charge in [-0.2, -0.15) is 0 Å². The molecule has 0 fully saturated rings. The first kappa shape index (κ1) is 14.9. The van der Waals surface area contributed by atoms with E-state index in [1.807, 2.05) is 6.92 Å². The van der Waals surface area contributed by atoms with Crippen molar-refractivity contribution < 1.29 is 14.3 Å². The number of carbonyl (C=O) groups is 2. The summed E-state index contributed by atoms with van der Waals surface area (Å²) in [7, 11) is 0. The number of hydrogen-bond donors (Lipinski definition) is 0. The van der Waals surface area contributed by atoms with Crippen LogP contribution in [0.2, 0.25) is 0 Å². The summed E-state index contributed by atoms with van der Waals surface area (Å²) in [6.07, 6.45) is 7.50. The van der Waals surface area contributed by atoms with E-state index in [1.54, 1.807) is 6.08 Å². The Morgan fingerprint density at radius 1 is 1.25 bits per heavy atom. The lowest BCUT2D eigenvalue weighted by atomic mass is 10.1. The number of esters is 1. The number of carbonyl (C=O) groups excluding carboxylic acids is 2. The molecule has 0 heterocycles. The molecule has 0 aromatic heterocycles. The molecule has 16 heavy (non-hydrogen) atoms. The zero-order chi connectivity index (χ0) is 12.4. The largest absolute Gasteiger partial charge is 0.458 e. The summed E-state index contributed by atoms with van der Waals surface area (Å²) < 4.78 is 5.11. The number of rotatable bonds is 8. The highest BCUT2D eigenvalue weighted by Gasteiger charge is 2.08. The number of ketones is 1. The predicted molar refractivity (Wildman–Crippen MR) is 64.1 cm³/mol. The minimum absolute atomic E-state index is 0.0626. The highest BCUT2D eigenvalue weighted by Crippen LogP contribution is 2.08. The lowest BCUT2D eigenvalue weighted by Crippen LogP contribution is -2.14. The minimum atomic E-state index is -0.296. The van der Waals surface area contributed by atoms with Gasteiger partial charge in [0, 0.05) is 13.3 Å². The molecule has 0 saturated carbocycles. The van der Waals surface area contributed by atoms with Crippen molar-refractivity contribution in [1.82, 2.24) is 0 Å². The molecular weight excluding hydrogens is 204 g/mol. The smallest absolute Gasteiger partial charge is 0.303 e. The minimum Gasteiger partial charge on any atom is -0.458 e. The number of allylic oxidation sites excluding steroid dienone is 1. The van der Waals surface area contributed by atoms with Gasteiger partial charge in [0.25, 0.3) is 0 Å². The van der Waals surface area contributed by atoms with Crippen LogP contribution in [0.4, 0.5) is 0 Å². The molecule has 0 radical (unpaired) electrons. The Kier molecular flexibility index (Phi) is 8.49. The van der Waals surface area contributed by atoms with Crippen molar-refractivity contribution >= 4 is 11.8 Å². The Hall–Kier alpha value is -1.12. The quantitative estimate of drug-likeness (QED) is 0.363. The van der Waals surface area contributed by atoms with Crippen LogP contribution in [-0.2, 0) is 14.3 Å². The summed E-state index contributed by atoms with van der Waals surface area (Å²) in [6.45, 7) is 5.32. The van der Waals surface area contributed by atoms with Crippen LogP contribution in [0.3, 0.4) is 0 Å². The van der Waals surface area contributed by atoms with Crippen LogP contribution >= 0.6 is 0 Å². The maximum absolute atomic E-state index is 11.1. The Morgan fingerprint density at radius 2 is 1.94 bits per heavy atom. The monoisotopic (exact) mass is 226 g/mol. The maximum atomic E-state index is 11.1. The standard InChI is InChI=1S/C13H22O3/c1-4-6-7-8-13(16-11(3)14)10-9-12(15)5-2/h9-10,13H,4-8H2,1-3H3/b10-9+. The van der Waals surface area contributed by atoms with Gasteiger partial charge in [-0.1, -0.05) is 26.7 Å². The van der Waals surface area contributed by atoms with Crippen LogP contribution in [0.5, 0.6) is 0 Å². The van der Waals surface area contributed by atoms with Gasteiger partial charge in [0.1, 0.15) is 6.10 Å². The van der Waals surface area contributed by atoms with E-state index in [0.29, 0.717) is 6.42 Å². The van der Waals surface area contributed by atoms with Gasteiger partial charge < -0.3 is 4.74 Å². The molecule has 0 aromatic carbocycles. The fraction of sp³-hybridized carbons (Fsp3) is 0.692. The summed E-state index contributed by atoms with van der Waals surface area (Å²) in [5.41, 5.74) is 0. The Bertz CT molecular complexity index is 244. The van der Waals surface area contributed by atoms with Crippen molar-refractivity contribution in [1.29, 1.82) is 0 Å². The summed E-state index contributed by atoms with van der Waals surface area (Å²) in [5, 5.41) is 0. The van der Waals surface area contributed by atoms with E-state index in [-0.39, 0.29) is 17.9 Å². The van der Waals surface area contributed by atoms with E-state index < -0.39 is 0 Å². The third kappa shape index (κ3) is 8.21. The highest BCUT2D eigenvalue weighted by molar-refractivity contribution is 5.89. The van der Waals surface area contributed by atoms with Gasteiger partial charge in [-0.3, -0.25) is 9.59 Å². The molecule has 92 valence electrons. The van der Waals surface area contributed by atoms with Crippen molar-refractivity contribution in [2.75, 3.05) is 0 Å². The topological polar surface area (TPSA) is 43.4 Å². The number of ether oxygens (including phenoxy) is 1. The van der Waals surface area contributed by atoms with E-state index in [2.05, 4.69) is 6.92 Å². The molecule has 3 nitrogen and oxygen atoms in total. The molecule has 0 rings (SSSR count). The molecule has 0 amide bonds. The molecule has 1 unspecified atom stereocenters. The third-order valence-corrected chi connectivity index (χ3v) is 2.25. The SMILES string of the molecule is CCCCCC(/C=C/C(=O)CC)OC(C)=O. The first-order valence-electron chi connectivity index (χ1n) is 5.98. The predicted octanol–water partition coefficient (Wildman–Crippen LogP) is 3.03. The van der Waals surface area contributed by atoms with Crippen LogP contribution in [-0.4, -0.2) is 17.9 Å². The van der Waals surface area contributed by atoms with Crippen molar-refractivity contribution in [3.8, 4) is 0 Å². The van der Waals surface area contributed by atoms with Crippen molar-refractivity contribution in [3.63, 3.8) is 0 Å². The lowest BCUT2D eigenvalue weighted by molar-refractivity contribution is -0.144. The molecule has 0 bridgehead atoms. The maximum Gasteiger partial charge on any atom is 0.303 e. The zero-order valence-electron chi connectivity index (χ0n) is 10.5. The lowest BCUT2D eigenvalue weighted by Gasteiger charge is -2.12. The summed E-state index contributed by atoms with van der Waals surface area (Å²) in [4.78, 5) is 22.0. The fourth-order valence-corrected chi connectivity index (χ4v) is 1.34. The second-order valence-corrected chi connectivity index (χ2v) is 3.82. The van der Waals surface area contributed by atoms with Gasteiger partial charge in [0.05, 0.1) is 0 Å². The first-order chi connectivity index (χ1) is 7.60. The number of hydrogen-bond acceptors (Lipinski definition) is 3.